The molecule has 0 amide bonds. The van der Waals surface area contributed by atoms with Crippen LogP contribution in [0.15, 0.2) is 48.8 Å². The van der Waals surface area contributed by atoms with Crippen LogP contribution in [0, 0.1) is 22.7 Å². The van der Waals surface area contributed by atoms with Crippen LogP contribution in [0.4, 0.5) is 0 Å². The molecule has 0 bridgehead atoms. The third kappa shape index (κ3) is 4.01. The fourth-order valence-corrected chi connectivity index (χ4v) is 2.40. The van der Waals surface area contributed by atoms with E-state index in [0.29, 0.717) is 38.0 Å². The van der Waals surface area contributed by atoms with Crippen molar-refractivity contribution in [2.24, 2.45) is 0 Å². The van der Waals surface area contributed by atoms with Crippen LogP contribution in [0.3, 0.4) is 0 Å². The smallest absolute Gasteiger partial charge is 0.148 e. The number of hydrogen-bond donors (Lipinski definition) is 0. The molecule has 0 saturated carbocycles. The van der Waals surface area contributed by atoms with Gasteiger partial charge in [-0.1, -0.05) is 23.2 Å². The minimum atomic E-state index is 0.336. The Balaban J connectivity index is 0.000000151. The third-order valence-electron chi connectivity index (χ3n) is 3.28. The van der Waals surface area contributed by atoms with Crippen LogP contribution >= 0.6 is 23.2 Å². The second-order valence-electron chi connectivity index (χ2n) is 5.02. The van der Waals surface area contributed by atoms with E-state index >= 15 is 0 Å². The first-order chi connectivity index (χ1) is 12.6. The normalized spacial score (nSPS) is 9.85. The second-order valence-corrected chi connectivity index (χ2v) is 5.79. The number of rotatable bonds is 0. The topological polar surface area (TPSA) is 99.1 Å². The Labute approximate surface area is 158 Å². The average Bonchev–Trinajstić information content (AvgIpc) is 2.67. The van der Waals surface area contributed by atoms with E-state index in [1.54, 1.807) is 36.4 Å². The maximum absolute atomic E-state index is 8.64. The molecule has 0 atom stereocenters. The van der Waals surface area contributed by atoms with Crippen molar-refractivity contribution in [2.75, 3.05) is 0 Å². The van der Waals surface area contributed by atoms with Crippen LogP contribution < -0.4 is 0 Å². The van der Waals surface area contributed by atoms with Crippen molar-refractivity contribution < 1.29 is 0 Å². The van der Waals surface area contributed by atoms with Gasteiger partial charge < -0.3 is 0 Å². The number of fused-ring (bicyclic) bond motifs is 2. The molecule has 0 N–H and O–H groups in total. The van der Waals surface area contributed by atoms with Crippen LogP contribution in [0.1, 0.15) is 11.1 Å². The molecule has 26 heavy (non-hydrogen) atoms. The number of hydrogen-bond acceptors (Lipinski definition) is 6. The molecule has 0 aliphatic heterocycles. The highest BCUT2D eigenvalue weighted by atomic mass is 35.5. The molecule has 0 aliphatic rings. The van der Waals surface area contributed by atoms with E-state index in [1.165, 1.54) is 12.4 Å². The summed E-state index contributed by atoms with van der Waals surface area (Å²) in [6.45, 7) is 0. The summed E-state index contributed by atoms with van der Waals surface area (Å²) in [5.41, 5.74) is 3.90. The molecule has 8 heteroatoms. The van der Waals surface area contributed by atoms with Gasteiger partial charge in [-0.25, -0.2) is 9.97 Å². The van der Waals surface area contributed by atoms with Gasteiger partial charge in [0, 0.05) is 0 Å². The van der Waals surface area contributed by atoms with Crippen molar-refractivity contribution in [3.8, 4) is 12.1 Å². The number of aromatic nitrogens is 4. The molecule has 0 spiro atoms. The molecule has 4 aromatic rings. The highest BCUT2D eigenvalue weighted by Gasteiger charge is 1.99. The van der Waals surface area contributed by atoms with Crippen molar-refractivity contribution in [2.45, 2.75) is 0 Å². The van der Waals surface area contributed by atoms with Crippen molar-refractivity contribution in [1.82, 2.24) is 19.9 Å². The SMILES string of the molecule is N#Cc1ccc2nc(Cl)cnc2c1.N#Cc1ccc2ncc(Cl)nc2c1. The maximum atomic E-state index is 8.64. The van der Waals surface area contributed by atoms with Crippen LogP contribution in [-0.2, 0) is 0 Å². The summed E-state index contributed by atoms with van der Waals surface area (Å²) in [6, 6.07) is 14.3. The maximum Gasteiger partial charge on any atom is 0.148 e. The molecule has 124 valence electrons. The van der Waals surface area contributed by atoms with Gasteiger partial charge in [-0.05, 0) is 36.4 Å². The second kappa shape index (κ2) is 7.71. The standard InChI is InChI=1S/2C9H4ClN3/c10-9-5-12-8-3-6(4-11)1-2-7(8)13-9;10-9-5-12-7-2-1-6(4-11)3-8(7)13-9/h2*1-3,5H. The summed E-state index contributed by atoms with van der Waals surface area (Å²) < 4.78 is 0. The summed E-state index contributed by atoms with van der Waals surface area (Å²) in [7, 11) is 0. The Kier molecular flexibility index (Phi) is 5.19. The number of halogens is 2. The summed E-state index contributed by atoms with van der Waals surface area (Å²) in [5, 5.41) is 18.0. The Morgan fingerprint density at radius 2 is 1.15 bits per heavy atom. The first-order valence-electron chi connectivity index (χ1n) is 7.24. The molecule has 0 radical (unpaired) electrons. The van der Waals surface area contributed by atoms with Gasteiger partial charge in [0.1, 0.15) is 10.3 Å². The van der Waals surface area contributed by atoms with Crippen molar-refractivity contribution >= 4 is 45.3 Å². The van der Waals surface area contributed by atoms with Gasteiger partial charge in [0.05, 0.1) is 57.7 Å². The fourth-order valence-electron chi connectivity index (χ4n) is 2.12. The molecule has 0 fully saturated rings. The summed E-state index contributed by atoms with van der Waals surface area (Å²) in [6.07, 6.45) is 2.95. The highest BCUT2D eigenvalue weighted by molar-refractivity contribution is 6.29. The van der Waals surface area contributed by atoms with Gasteiger partial charge >= 0.3 is 0 Å². The molecule has 2 aromatic heterocycles. The van der Waals surface area contributed by atoms with Crippen LogP contribution in [0.2, 0.25) is 10.3 Å². The lowest BCUT2D eigenvalue weighted by Crippen LogP contribution is -1.84. The Morgan fingerprint density at radius 1 is 0.654 bits per heavy atom. The molecular weight excluding hydrogens is 371 g/mol. The molecule has 4 rings (SSSR count). The molecule has 2 heterocycles. The van der Waals surface area contributed by atoms with Gasteiger partial charge in [0.2, 0.25) is 0 Å². The van der Waals surface area contributed by atoms with E-state index < -0.39 is 0 Å². The quantitative estimate of drug-likeness (QED) is 0.451. The lowest BCUT2D eigenvalue weighted by Gasteiger charge is -1.96. The fraction of sp³-hybridized carbons (Fsp3) is 0. The lowest BCUT2D eigenvalue weighted by atomic mass is 10.2. The lowest BCUT2D eigenvalue weighted by molar-refractivity contribution is 1.29. The number of benzene rings is 2. The van der Waals surface area contributed by atoms with E-state index in [4.69, 9.17) is 33.7 Å². The molecule has 2 aromatic carbocycles. The summed E-state index contributed by atoms with van der Waals surface area (Å²) >= 11 is 11.3. The van der Waals surface area contributed by atoms with Crippen LogP contribution in [0.25, 0.3) is 22.1 Å². The van der Waals surface area contributed by atoms with Gasteiger partial charge in [-0.3, -0.25) is 9.97 Å². The van der Waals surface area contributed by atoms with Crippen molar-refractivity contribution in [1.29, 1.82) is 10.5 Å². The largest absolute Gasteiger partial charge is 0.251 e. The molecule has 0 aliphatic carbocycles. The summed E-state index contributed by atoms with van der Waals surface area (Å²) in [4.78, 5) is 16.2. The van der Waals surface area contributed by atoms with Crippen molar-refractivity contribution in [3.05, 3.63) is 70.2 Å². The summed E-state index contributed by atoms with van der Waals surface area (Å²) in [5.74, 6) is 0. The molecule has 0 unspecified atom stereocenters. The Bertz CT molecular complexity index is 1190. The monoisotopic (exact) mass is 378 g/mol. The van der Waals surface area contributed by atoms with Crippen LogP contribution in [-0.4, -0.2) is 19.9 Å². The van der Waals surface area contributed by atoms with E-state index in [-0.39, 0.29) is 0 Å². The number of nitriles is 2. The number of nitrogens with zero attached hydrogens (tertiary/aromatic N) is 6. The molecular formula is C18H8Cl2N6. The zero-order valence-electron chi connectivity index (χ0n) is 13.1. The van der Waals surface area contributed by atoms with Crippen molar-refractivity contribution in [3.63, 3.8) is 0 Å². The van der Waals surface area contributed by atoms with E-state index in [9.17, 15) is 0 Å². The van der Waals surface area contributed by atoms with Gasteiger partial charge in [-0.15, -0.1) is 0 Å². The zero-order valence-corrected chi connectivity index (χ0v) is 14.6. The predicted octanol–water partition coefficient (Wildman–Crippen LogP) is 4.31. The molecule has 0 saturated heterocycles. The zero-order chi connectivity index (χ0) is 18.5. The minimum Gasteiger partial charge on any atom is -0.251 e. The van der Waals surface area contributed by atoms with E-state index in [1.807, 2.05) is 12.1 Å². The minimum absolute atomic E-state index is 0.336. The third-order valence-corrected chi connectivity index (χ3v) is 3.65. The van der Waals surface area contributed by atoms with Gasteiger partial charge in [0.25, 0.3) is 0 Å². The van der Waals surface area contributed by atoms with E-state index in [0.717, 1.165) is 5.52 Å². The highest BCUT2D eigenvalue weighted by Crippen LogP contribution is 2.14. The first kappa shape index (κ1) is 17.5. The van der Waals surface area contributed by atoms with E-state index in [2.05, 4.69) is 19.9 Å². The van der Waals surface area contributed by atoms with Crippen LogP contribution in [0.5, 0.6) is 0 Å². The first-order valence-corrected chi connectivity index (χ1v) is 7.99. The molecule has 6 nitrogen and oxygen atoms in total. The Hall–Kier alpha value is -3.32. The Morgan fingerprint density at radius 3 is 1.77 bits per heavy atom. The van der Waals surface area contributed by atoms with Gasteiger partial charge in [0.15, 0.2) is 0 Å². The predicted molar refractivity (Wildman–Crippen MR) is 98.5 cm³/mol. The van der Waals surface area contributed by atoms with Gasteiger partial charge in [-0.2, -0.15) is 10.5 Å². The average molecular weight is 379 g/mol.